The first-order valence-corrected chi connectivity index (χ1v) is 9.62. The van der Waals surface area contributed by atoms with Crippen molar-refractivity contribution >= 4 is 17.5 Å². The zero-order valence-corrected chi connectivity index (χ0v) is 16.5. The molecule has 2 aliphatic rings. The highest BCUT2D eigenvalue weighted by Crippen LogP contribution is 2.25. The van der Waals surface area contributed by atoms with E-state index in [2.05, 4.69) is 22.1 Å². The topological polar surface area (TPSA) is 118 Å². The van der Waals surface area contributed by atoms with Crippen molar-refractivity contribution in [3.63, 3.8) is 0 Å². The summed E-state index contributed by atoms with van der Waals surface area (Å²) in [5.41, 5.74) is 6.60. The number of anilines is 1. The number of primary amides is 1. The van der Waals surface area contributed by atoms with E-state index >= 15 is 0 Å². The molecule has 0 radical (unpaired) electrons. The fraction of sp³-hybridized carbons (Fsp3) is 0.318. The summed E-state index contributed by atoms with van der Waals surface area (Å²) in [6.45, 7) is 1.67. The van der Waals surface area contributed by atoms with Gasteiger partial charge in [-0.3, -0.25) is 9.59 Å². The van der Waals surface area contributed by atoms with Gasteiger partial charge in [-0.2, -0.15) is 0 Å². The van der Waals surface area contributed by atoms with Crippen LogP contribution >= 0.6 is 0 Å². The largest absolute Gasteiger partial charge is 0.378 e. The van der Waals surface area contributed by atoms with Crippen molar-refractivity contribution in [1.82, 2.24) is 9.88 Å². The normalized spacial score (nSPS) is 21.0. The summed E-state index contributed by atoms with van der Waals surface area (Å²) >= 11 is 0. The van der Waals surface area contributed by atoms with Crippen LogP contribution in [-0.4, -0.2) is 65.3 Å². The van der Waals surface area contributed by atoms with Gasteiger partial charge in [0.1, 0.15) is 5.69 Å². The molecular weight excluding hydrogens is 384 g/mol. The summed E-state index contributed by atoms with van der Waals surface area (Å²) in [4.78, 5) is 29.7. The molecule has 0 aliphatic carbocycles. The predicted molar refractivity (Wildman–Crippen MR) is 111 cm³/mol. The maximum atomic E-state index is 12.1. The minimum atomic E-state index is -1.66. The maximum Gasteiger partial charge on any atom is 0.267 e. The van der Waals surface area contributed by atoms with Gasteiger partial charge >= 0.3 is 0 Å². The van der Waals surface area contributed by atoms with E-state index < -0.39 is 17.4 Å². The number of hydrogen-bond donors (Lipinski definition) is 3. The molecule has 2 aliphatic heterocycles. The van der Waals surface area contributed by atoms with Gasteiger partial charge in [0.15, 0.2) is 0 Å². The Kier molecular flexibility index (Phi) is 5.16. The molecule has 4 N–H and O–H groups in total. The number of benzene rings is 1. The van der Waals surface area contributed by atoms with Crippen molar-refractivity contribution in [2.24, 2.45) is 5.73 Å². The Balaban J connectivity index is 1.64. The summed E-state index contributed by atoms with van der Waals surface area (Å²) in [5, 5.41) is 13.8. The van der Waals surface area contributed by atoms with Gasteiger partial charge in [-0.1, -0.05) is 24.0 Å². The fourth-order valence-electron chi connectivity index (χ4n) is 3.34. The number of aliphatic hydroxyl groups is 1. The quantitative estimate of drug-likeness (QED) is 0.640. The Morgan fingerprint density at radius 2 is 2.17 bits per heavy atom. The third kappa shape index (κ3) is 3.99. The number of hydrogen-bond acceptors (Lipinski definition) is 6. The predicted octanol–water partition coefficient (Wildman–Crippen LogP) is 0.603. The minimum absolute atomic E-state index is 0.153. The number of likely N-dealkylation sites (N-methyl/N-ethyl adjacent to an activating group) is 1. The molecule has 2 amide bonds. The lowest BCUT2D eigenvalue weighted by Gasteiger charge is -2.28. The second-order valence-electron chi connectivity index (χ2n) is 7.54. The molecule has 1 aromatic heterocycles. The first kappa shape index (κ1) is 19.9. The molecule has 3 heterocycles. The number of carbonyl (C=O) groups excluding carboxylic acids is 2. The van der Waals surface area contributed by atoms with E-state index in [9.17, 15) is 14.7 Å². The molecule has 2 saturated heterocycles. The lowest BCUT2D eigenvalue weighted by Crippen LogP contribution is -2.40. The second kappa shape index (κ2) is 7.78. The Hall–Kier alpha value is -3.41. The number of pyridine rings is 1. The number of ether oxygens (including phenoxy) is 1. The van der Waals surface area contributed by atoms with Crippen molar-refractivity contribution in [3.8, 4) is 23.1 Å². The first-order chi connectivity index (χ1) is 14.3. The van der Waals surface area contributed by atoms with Gasteiger partial charge in [-0.15, -0.1) is 0 Å². The van der Waals surface area contributed by atoms with E-state index in [-0.39, 0.29) is 18.2 Å². The number of nitrogens with one attached hydrogen (secondary N) is 1. The lowest BCUT2D eigenvalue weighted by molar-refractivity contribution is -0.137. The third-order valence-corrected chi connectivity index (χ3v) is 5.17. The molecule has 4 rings (SSSR count). The number of amides is 2. The maximum absolute atomic E-state index is 12.1. The van der Waals surface area contributed by atoms with Gasteiger partial charge < -0.3 is 25.8 Å². The Bertz CT molecular complexity index is 1070. The molecule has 2 fully saturated rings. The van der Waals surface area contributed by atoms with E-state index in [0.29, 0.717) is 31.0 Å². The zero-order chi connectivity index (χ0) is 21.3. The minimum Gasteiger partial charge on any atom is -0.378 e. The molecule has 1 atom stereocenters. The second-order valence-corrected chi connectivity index (χ2v) is 7.54. The van der Waals surface area contributed by atoms with Crippen LogP contribution in [0.2, 0.25) is 0 Å². The molecule has 1 aromatic carbocycles. The fourth-order valence-corrected chi connectivity index (χ4v) is 3.34. The van der Waals surface area contributed by atoms with Crippen molar-refractivity contribution in [1.29, 1.82) is 0 Å². The van der Waals surface area contributed by atoms with E-state index in [1.54, 1.807) is 31.3 Å². The Morgan fingerprint density at radius 3 is 2.80 bits per heavy atom. The lowest BCUT2D eigenvalue weighted by atomic mass is 10.0. The number of likely N-dealkylation sites (tertiary alicyclic amines) is 1. The molecule has 1 unspecified atom stereocenters. The average molecular weight is 406 g/mol. The summed E-state index contributed by atoms with van der Waals surface area (Å²) < 4.78 is 5.17. The number of aromatic nitrogens is 1. The van der Waals surface area contributed by atoms with E-state index in [1.165, 1.54) is 4.90 Å². The molecule has 2 aromatic rings. The van der Waals surface area contributed by atoms with Crippen LogP contribution in [0.4, 0.5) is 5.69 Å². The van der Waals surface area contributed by atoms with Crippen molar-refractivity contribution in [3.05, 3.63) is 47.7 Å². The van der Waals surface area contributed by atoms with E-state index in [4.69, 9.17) is 10.5 Å². The molecule has 8 nitrogen and oxygen atoms in total. The molecule has 30 heavy (non-hydrogen) atoms. The van der Waals surface area contributed by atoms with Gasteiger partial charge in [-0.05, 0) is 24.3 Å². The van der Waals surface area contributed by atoms with E-state index in [0.717, 1.165) is 11.3 Å². The van der Waals surface area contributed by atoms with Gasteiger partial charge in [0.2, 0.25) is 5.60 Å². The first-order valence-electron chi connectivity index (χ1n) is 9.62. The highest BCUT2D eigenvalue weighted by Gasteiger charge is 2.42. The van der Waals surface area contributed by atoms with E-state index in [1.807, 2.05) is 12.1 Å². The highest BCUT2D eigenvalue weighted by molar-refractivity contribution is 5.93. The van der Waals surface area contributed by atoms with Crippen molar-refractivity contribution in [2.75, 3.05) is 32.1 Å². The summed E-state index contributed by atoms with van der Waals surface area (Å²) in [6.07, 6.45) is 0.275. The third-order valence-electron chi connectivity index (χ3n) is 5.17. The molecule has 0 bridgehead atoms. The Morgan fingerprint density at radius 1 is 1.37 bits per heavy atom. The molecule has 154 valence electrons. The van der Waals surface area contributed by atoms with Crippen LogP contribution in [0, 0.1) is 11.8 Å². The van der Waals surface area contributed by atoms with Crippen LogP contribution in [0.25, 0.3) is 11.3 Å². The van der Waals surface area contributed by atoms with Crippen molar-refractivity contribution < 1.29 is 19.4 Å². The van der Waals surface area contributed by atoms with Crippen LogP contribution in [0.5, 0.6) is 0 Å². The van der Waals surface area contributed by atoms with Crippen molar-refractivity contribution in [2.45, 2.75) is 18.1 Å². The van der Waals surface area contributed by atoms with Gasteiger partial charge in [0, 0.05) is 36.8 Å². The monoisotopic (exact) mass is 406 g/mol. The van der Waals surface area contributed by atoms with Gasteiger partial charge in [0.05, 0.1) is 24.9 Å². The number of nitrogens with zero attached hydrogens (tertiary/aromatic N) is 2. The summed E-state index contributed by atoms with van der Waals surface area (Å²) in [7, 11) is 1.64. The van der Waals surface area contributed by atoms with Crippen LogP contribution in [-0.2, 0) is 9.53 Å². The van der Waals surface area contributed by atoms with Gasteiger partial charge in [-0.25, -0.2) is 4.98 Å². The standard InChI is InChI=1S/C22H22N4O4/c1-26-8-7-22(29,21(26)28)6-5-14-3-2-4-15(9-14)18-10-16(24-17-12-30-13-17)11-19(25-18)20(23)27/h2-4,9-11,17,29H,7-8,12-13H2,1H3,(H2,23,27)(H,24,25). The van der Waals surface area contributed by atoms with Gasteiger partial charge in [0.25, 0.3) is 11.8 Å². The molecule has 8 heteroatoms. The SMILES string of the molecule is CN1CCC(O)(C#Cc2cccc(-c3cc(NC4COC4)cc(C(N)=O)n3)c2)C1=O. The zero-order valence-electron chi connectivity index (χ0n) is 16.5. The highest BCUT2D eigenvalue weighted by atomic mass is 16.5. The summed E-state index contributed by atoms with van der Waals surface area (Å²) in [6, 6.07) is 10.9. The molecular formula is C22H22N4O4. The van der Waals surface area contributed by atoms with Crippen LogP contribution < -0.4 is 11.1 Å². The average Bonchev–Trinajstić information content (AvgIpc) is 2.97. The number of nitrogens with two attached hydrogens (primary N) is 1. The Labute approximate surface area is 174 Å². The molecule has 0 spiro atoms. The number of carbonyl (C=O) groups is 2. The number of rotatable bonds is 4. The molecule has 0 saturated carbocycles. The van der Waals surface area contributed by atoms with Crippen LogP contribution in [0.1, 0.15) is 22.5 Å². The van der Waals surface area contributed by atoms with Crippen LogP contribution in [0.3, 0.4) is 0 Å². The van der Waals surface area contributed by atoms with Crippen LogP contribution in [0.15, 0.2) is 36.4 Å². The summed E-state index contributed by atoms with van der Waals surface area (Å²) in [5.74, 6) is 4.59. The smallest absolute Gasteiger partial charge is 0.267 e.